The van der Waals surface area contributed by atoms with Crippen LogP contribution in [0.1, 0.15) is 63.5 Å². The van der Waals surface area contributed by atoms with Crippen molar-refractivity contribution < 1.29 is 14.2 Å². The first-order valence-corrected chi connectivity index (χ1v) is 12.3. The van der Waals surface area contributed by atoms with Gasteiger partial charge in [0.1, 0.15) is 17.2 Å². The number of hydrogen-bond donors (Lipinski definition) is 0. The van der Waals surface area contributed by atoms with Crippen LogP contribution in [0.25, 0.3) is 0 Å². The van der Waals surface area contributed by atoms with Crippen molar-refractivity contribution in [3.05, 3.63) is 90.0 Å². The number of ether oxygens (including phenoxy) is 3. The largest absolute Gasteiger partial charge is 0.490 e. The van der Waals surface area contributed by atoms with Crippen molar-refractivity contribution in [3.8, 4) is 17.2 Å². The fraction of sp³-hybridized carbons (Fsp3) is 0.400. The first kappa shape index (κ1) is 23.4. The van der Waals surface area contributed by atoms with Gasteiger partial charge in [0.25, 0.3) is 0 Å². The average molecular weight is 445 g/mol. The molecule has 0 amide bonds. The maximum Gasteiger partial charge on any atom is 0.127 e. The molecule has 0 N–H and O–H groups in total. The minimum atomic E-state index is -0.0402. The van der Waals surface area contributed by atoms with Crippen LogP contribution in [0.4, 0.5) is 0 Å². The minimum absolute atomic E-state index is 0.0402. The van der Waals surface area contributed by atoms with Crippen LogP contribution in [0.3, 0.4) is 0 Å². The molecule has 1 atom stereocenters. The lowest BCUT2D eigenvalue weighted by Crippen LogP contribution is -2.27. The normalized spacial score (nSPS) is 16.2. The number of benzene rings is 3. The second-order valence-corrected chi connectivity index (χ2v) is 9.37. The van der Waals surface area contributed by atoms with Gasteiger partial charge in [-0.1, -0.05) is 62.7 Å². The molecule has 1 aliphatic carbocycles. The van der Waals surface area contributed by atoms with Crippen molar-refractivity contribution in [1.29, 1.82) is 0 Å². The molecule has 0 aromatic heterocycles. The van der Waals surface area contributed by atoms with Crippen LogP contribution in [0.2, 0.25) is 0 Å². The molecule has 174 valence electrons. The van der Waals surface area contributed by atoms with Gasteiger partial charge in [-0.15, -0.1) is 0 Å². The Hall–Kier alpha value is -2.78. The summed E-state index contributed by atoms with van der Waals surface area (Å²) in [5.41, 5.74) is 2.36. The third-order valence-corrected chi connectivity index (χ3v) is 6.75. The van der Waals surface area contributed by atoms with Crippen LogP contribution in [-0.2, 0) is 16.8 Å². The number of para-hydroxylation sites is 1. The van der Waals surface area contributed by atoms with E-state index in [0.29, 0.717) is 19.3 Å². The molecule has 1 aliphatic rings. The average Bonchev–Trinajstić information content (AvgIpc) is 2.86. The van der Waals surface area contributed by atoms with E-state index in [1.807, 2.05) is 48.5 Å². The maximum absolute atomic E-state index is 6.21. The van der Waals surface area contributed by atoms with Gasteiger partial charge in [-0.05, 0) is 79.6 Å². The van der Waals surface area contributed by atoms with Crippen LogP contribution >= 0.6 is 0 Å². The Kier molecular flexibility index (Phi) is 8.06. The van der Waals surface area contributed by atoms with Gasteiger partial charge in [0.05, 0.1) is 19.3 Å². The van der Waals surface area contributed by atoms with Crippen LogP contribution in [0.5, 0.6) is 17.2 Å². The van der Waals surface area contributed by atoms with E-state index in [1.54, 1.807) is 0 Å². The highest BCUT2D eigenvalue weighted by Crippen LogP contribution is 2.31. The summed E-state index contributed by atoms with van der Waals surface area (Å²) in [7, 11) is 0. The summed E-state index contributed by atoms with van der Waals surface area (Å²) in [5, 5.41) is 0. The van der Waals surface area contributed by atoms with Crippen molar-refractivity contribution in [2.45, 2.75) is 70.5 Å². The summed E-state index contributed by atoms with van der Waals surface area (Å²) in [6.07, 6.45) is 7.67. The SMILES string of the molecule is CCC(C)(COCc1cccc(Oc2ccccc2)c1)c1ccc(OC2CCCCC2)cc1. The molecule has 3 nitrogen and oxygen atoms in total. The van der Waals surface area contributed by atoms with Crippen LogP contribution < -0.4 is 9.47 Å². The smallest absolute Gasteiger partial charge is 0.127 e. The van der Waals surface area contributed by atoms with Crippen molar-refractivity contribution >= 4 is 0 Å². The Morgan fingerprint density at radius 1 is 0.788 bits per heavy atom. The first-order valence-electron chi connectivity index (χ1n) is 12.3. The quantitative estimate of drug-likeness (QED) is 0.316. The first-order chi connectivity index (χ1) is 16.1. The minimum Gasteiger partial charge on any atom is -0.490 e. The van der Waals surface area contributed by atoms with E-state index < -0.39 is 0 Å². The molecule has 1 unspecified atom stereocenters. The summed E-state index contributed by atoms with van der Waals surface area (Å²) in [5.74, 6) is 2.65. The van der Waals surface area contributed by atoms with Gasteiger partial charge in [-0.25, -0.2) is 0 Å². The molecule has 0 spiro atoms. The molecule has 0 saturated heterocycles. The lowest BCUT2D eigenvalue weighted by molar-refractivity contribution is 0.0746. The molecule has 1 fully saturated rings. The van der Waals surface area contributed by atoms with Crippen molar-refractivity contribution in [2.24, 2.45) is 0 Å². The molecule has 3 heteroatoms. The van der Waals surface area contributed by atoms with Gasteiger partial charge in [-0.2, -0.15) is 0 Å². The second kappa shape index (κ2) is 11.4. The highest BCUT2D eigenvalue weighted by molar-refractivity contribution is 5.34. The lowest BCUT2D eigenvalue weighted by Gasteiger charge is -2.29. The van der Waals surface area contributed by atoms with E-state index in [4.69, 9.17) is 14.2 Å². The van der Waals surface area contributed by atoms with Gasteiger partial charge < -0.3 is 14.2 Å². The highest BCUT2D eigenvalue weighted by atomic mass is 16.5. The second-order valence-electron chi connectivity index (χ2n) is 9.37. The van der Waals surface area contributed by atoms with Crippen LogP contribution in [0.15, 0.2) is 78.9 Å². The highest BCUT2D eigenvalue weighted by Gasteiger charge is 2.25. The molecule has 0 aliphatic heterocycles. The van der Waals surface area contributed by atoms with Gasteiger partial charge in [-0.3, -0.25) is 0 Å². The van der Waals surface area contributed by atoms with E-state index in [2.05, 4.69) is 44.2 Å². The van der Waals surface area contributed by atoms with E-state index in [-0.39, 0.29) is 5.41 Å². The van der Waals surface area contributed by atoms with Crippen molar-refractivity contribution in [1.82, 2.24) is 0 Å². The molecule has 0 radical (unpaired) electrons. The van der Waals surface area contributed by atoms with Crippen molar-refractivity contribution in [2.75, 3.05) is 6.61 Å². The monoisotopic (exact) mass is 444 g/mol. The third-order valence-electron chi connectivity index (χ3n) is 6.75. The molecule has 1 saturated carbocycles. The topological polar surface area (TPSA) is 27.7 Å². The van der Waals surface area contributed by atoms with Crippen molar-refractivity contribution in [3.63, 3.8) is 0 Å². The van der Waals surface area contributed by atoms with E-state index >= 15 is 0 Å². The zero-order valence-corrected chi connectivity index (χ0v) is 20.0. The summed E-state index contributed by atoms with van der Waals surface area (Å²) in [6.45, 7) is 5.73. The summed E-state index contributed by atoms with van der Waals surface area (Å²) < 4.78 is 18.4. The fourth-order valence-electron chi connectivity index (χ4n) is 4.42. The third kappa shape index (κ3) is 6.61. The van der Waals surface area contributed by atoms with Crippen LogP contribution in [-0.4, -0.2) is 12.7 Å². The molecule has 3 aromatic rings. The van der Waals surface area contributed by atoms with E-state index in [0.717, 1.165) is 29.2 Å². The maximum atomic E-state index is 6.21. The van der Waals surface area contributed by atoms with E-state index in [1.165, 1.54) is 37.7 Å². The standard InChI is InChI=1S/C30H36O3/c1-3-30(2,25-17-19-28(20-18-25)32-26-12-6-4-7-13-26)23-31-22-24-11-10-16-29(21-24)33-27-14-8-5-9-15-27/h5,8-11,14-21,26H,3-4,6-7,12-13,22-23H2,1-2H3. The molecule has 3 aromatic carbocycles. The molecular weight excluding hydrogens is 408 g/mol. The van der Waals surface area contributed by atoms with Crippen LogP contribution in [0, 0.1) is 0 Å². The Morgan fingerprint density at radius 2 is 1.52 bits per heavy atom. The predicted molar refractivity (Wildman–Crippen MR) is 134 cm³/mol. The Morgan fingerprint density at radius 3 is 2.24 bits per heavy atom. The van der Waals surface area contributed by atoms with Gasteiger partial charge >= 0.3 is 0 Å². The Labute approximate surface area is 198 Å². The molecule has 0 heterocycles. The van der Waals surface area contributed by atoms with Gasteiger partial charge in [0.15, 0.2) is 0 Å². The predicted octanol–water partition coefficient (Wildman–Crippen LogP) is 8.07. The summed E-state index contributed by atoms with van der Waals surface area (Å²) in [6, 6.07) is 26.6. The lowest BCUT2D eigenvalue weighted by atomic mass is 9.81. The summed E-state index contributed by atoms with van der Waals surface area (Å²) >= 11 is 0. The van der Waals surface area contributed by atoms with Gasteiger partial charge in [0.2, 0.25) is 0 Å². The number of rotatable bonds is 10. The summed E-state index contributed by atoms with van der Waals surface area (Å²) in [4.78, 5) is 0. The molecule has 0 bridgehead atoms. The Bertz CT molecular complexity index is 977. The zero-order chi connectivity index (χ0) is 22.9. The van der Waals surface area contributed by atoms with Gasteiger partial charge in [0, 0.05) is 5.41 Å². The van der Waals surface area contributed by atoms with E-state index in [9.17, 15) is 0 Å². The fourth-order valence-corrected chi connectivity index (χ4v) is 4.42. The number of hydrogen-bond acceptors (Lipinski definition) is 3. The molecule has 4 rings (SSSR count). The molecule has 33 heavy (non-hydrogen) atoms. The zero-order valence-electron chi connectivity index (χ0n) is 20.0. The molecular formula is C30H36O3. The Balaban J connectivity index is 1.32.